The summed E-state index contributed by atoms with van der Waals surface area (Å²) in [7, 11) is -5.11. The van der Waals surface area contributed by atoms with Crippen molar-refractivity contribution in [2.24, 2.45) is 26.4 Å². The van der Waals surface area contributed by atoms with Gasteiger partial charge in [-0.25, -0.2) is 8.42 Å². The van der Waals surface area contributed by atoms with Crippen LogP contribution >= 0.6 is 0 Å². The van der Waals surface area contributed by atoms with Gasteiger partial charge in [-0.05, 0) is 79.6 Å². The van der Waals surface area contributed by atoms with Gasteiger partial charge in [0.2, 0.25) is 9.84 Å². The molecule has 35 heavy (non-hydrogen) atoms. The second-order valence-electron chi connectivity index (χ2n) is 7.77. The summed E-state index contributed by atoms with van der Waals surface area (Å²) >= 11 is 0. The SMILES string of the molecule is Cc1c(S(=O)(=O)c2ccc(N=Nc3ccc(N(C)C)cc3)cc2)cc(S(=O)(=O)O)c(N=NN)c1C. The molecule has 13 heteroatoms. The van der Waals surface area contributed by atoms with Crippen LogP contribution in [0.5, 0.6) is 0 Å². The summed E-state index contributed by atoms with van der Waals surface area (Å²) in [4.78, 5) is 0.856. The normalized spacial score (nSPS) is 12.5. The number of benzene rings is 3. The maximum atomic E-state index is 13.3. The van der Waals surface area contributed by atoms with Gasteiger partial charge in [-0.1, -0.05) is 5.22 Å². The lowest BCUT2D eigenvalue weighted by molar-refractivity contribution is 0.483. The fourth-order valence-corrected chi connectivity index (χ4v) is 5.61. The van der Waals surface area contributed by atoms with Crippen molar-refractivity contribution in [2.75, 3.05) is 19.0 Å². The van der Waals surface area contributed by atoms with Crippen LogP contribution in [0.15, 0.2) is 89.8 Å². The van der Waals surface area contributed by atoms with E-state index in [9.17, 15) is 21.4 Å². The minimum Gasteiger partial charge on any atom is -0.378 e. The molecule has 0 atom stereocenters. The van der Waals surface area contributed by atoms with Gasteiger partial charge in [-0.2, -0.15) is 18.6 Å². The van der Waals surface area contributed by atoms with Crippen LogP contribution in [-0.2, 0) is 20.0 Å². The van der Waals surface area contributed by atoms with E-state index in [1.807, 2.05) is 43.3 Å². The zero-order valence-corrected chi connectivity index (χ0v) is 21.0. The van der Waals surface area contributed by atoms with Crippen molar-refractivity contribution < 1.29 is 21.4 Å². The van der Waals surface area contributed by atoms with Crippen LogP contribution in [0.4, 0.5) is 22.7 Å². The minimum atomic E-state index is -4.81. The summed E-state index contributed by atoms with van der Waals surface area (Å²) in [6.07, 6.45) is 0. The Morgan fingerprint density at radius 1 is 0.771 bits per heavy atom. The molecule has 0 amide bonds. The Balaban J connectivity index is 1.98. The molecule has 0 heterocycles. The van der Waals surface area contributed by atoms with Crippen molar-refractivity contribution in [3.63, 3.8) is 0 Å². The van der Waals surface area contributed by atoms with Gasteiger partial charge < -0.3 is 10.7 Å². The Labute approximate surface area is 203 Å². The molecular weight excluding hydrogens is 492 g/mol. The molecule has 3 rings (SSSR count). The number of nitrogens with two attached hydrogens (primary N) is 1. The smallest absolute Gasteiger partial charge is 0.296 e. The van der Waals surface area contributed by atoms with Crippen molar-refractivity contribution in [2.45, 2.75) is 28.5 Å². The molecule has 0 bridgehead atoms. The lowest BCUT2D eigenvalue weighted by Crippen LogP contribution is -2.09. The van der Waals surface area contributed by atoms with Crippen LogP contribution in [0.25, 0.3) is 0 Å². The third-order valence-corrected chi connectivity index (χ3v) is 8.06. The van der Waals surface area contributed by atoms with Crippen LogP contribution in [-0.4, -0.2) is 35.5 Å². The van der Waals surface area contributed by atoms with Crippen molar-refractivity contribution in [3.8, 4) is 0 Å². The Morgan fingerprint density at radius 2 is 1.29 bits per heavy atom. The van der Waals surface area contributed by atoms with Crippen LogP contribution < -0.4 is 10.7 Å². The van der Waals surface area contributed by atoms with E-state index in [1.54, 1.807) is 0 Å². The Kier molecular flexibility index (Phi) is 7.33. The summed E-state index contributed by atoms with van der Waals surface area (Å²) in [5.41, 5.74) is 2.27. The summed E-state index contributed by atoms with van der Waals surface area (Å²) in [6, 6.07) is 13.9. The molecular formula is C22H24N6O5S2. The van der Waals surface area contributed by atoms with Crippen molar-refractivity contribution >= 4 is 42.7 Å². The molecule has 3 aromatic rings. The number of sulfone groups is 1. The minimum absolute atomic E-state index is 0.0937. The number of azo groups is 1. The van der Waals surface area contributed by atoms with E-state index < -0.39 is 24.9 Å². The molecule has 0 saturated heterocycles. The van der Waals surface area contributed by atoms with Crippen molar-refractivity contribution in [1.29, 1.82) is 0 Å². The predicted molar refractivity (Wildman–Crippen MR) is 131 cm³/mol. The highest BCUT2D eigenvalue weighted by molar-refractivity contribution is 7.91. The fourth-order valence-electron chi connectivity index (χ4n) is 3.25. The zero-order valence-electron chi connectivity index (χ0n) is 19.4. The van der Waals surface area contributed by atoms with Gasteiger partial charge in [0.25, 0.3) is 10.1 Å². The highest BCUT2D eigenvalue weighted by Crippen LogP contribution is 2.37. The van der Waals surface area contributed by atoms with E-state index >= 15 is 0 Å². The molecule has 0 aliphatic heterocycles. The fraction of sp³-hybridized carbons (Fsp3) is 0.182. The molecule has 184 valence electrons. The first-order valence-electron chi connectivity index (χ1n) is 10.1. The predicted octanol–water partition coefficient (Wildman–Crippen LogP) is 4.82. The summed E-state index contributed by atoms with van der Waals surface area (Å²) in [5.74, 6) is 5.05. The lowest BCUT2D eigenvalue weighted by atomic mass is 10.1. The van der Waals surface area contributed by atoms with E-state index in [2.05, 4.69) is 20.6 Å². The number of rotatable bonds is 7. The third-order valence-electron chi connectivity index (χ3n) is 5.30. The van der Waals surface area contributed by atoms with Gasteiger partial charge in [0, 0.05) is 19.8 Å². The second-order valence-corrected chi connectivity index (χ2v) is 11.1. The number of anilines is 1. The van der Waals surface area contributed by atoms with Crippen molar-refractivity contribution in [1.82, 2.24) is 0 Å². The first kappa shape index (κ1) is 25.9. The lowest BCUT2D eigenvalue weighted by Gasteiger charge is -2.14. The monoisotopic (exact) mass is 516 g/mol. The molecule has 0 radical (unpaired) electrons. The maximum absolute atomic E-state index is 13.3. The van der Waals surface area contributed by atoms with E-state index in [0.717, 1.165) is 11.8 Å². The highest BCUT2D eigenvalue weighted by Gasteiger charge is 2.28. The highest BCUT2D eigenvalue weighted by atomic mass is 32.2. The number of hydrogen-bond donors (Lipinski definition) is 2. The topological polar surface area (TPSA) is 167 Å². The first-order valence-corrected chi connectivity index (χ1v) is 13.1. The van der Waals surface area contributed by atoms with Gasteiger partial charge >= 0.3 is 0 Å². The molecule has 0 unspecified atom stereocenters. The Bertz CT molecular complexity index is 1510. The van der Waals surface area contributed by atoms with Crippen LogP contribution in [0, 0.1) is 13.8 Å². The quantitative estimate of drug-likeness (QED) is 0.196. The molecule has 0 aliphatic carbocycles. The molecule has 3 N–H and O–H groups in total. The standard InChI is InChI=1S/C22H24N6O5S2/c1-14-15(2)22(26-27-23)21(35(31,32)33)13-20(14)34(29,30)19-11-7-17(8-12-19)25-24-16-5-9-18(10-6-16)28(3)4/h5-13H,1-4H3,(H2,23,26)(H,31,32,33). The summed E-state index contributed by atoms with van der Waals surface area (Å²) in [6.45, 7) is 2.96. The van der Waals surface area contributed by atoms with Crippen molar-refractivity contribution in [3.05, 3.63) is 65.7 Å². The Hall–Kier alpha value is -3.68. The molecule has 0 spiro atoms. The largest absolute Gasteiger partial charge is 0.378 e. The number of nitrogens with zero attached hydrogens (tertiary/aromatic N) is 5. The van der Waals surface area contributed by atoms with E-state index in [-0.39, 0.29) is 26.6 Å². The molecule has 0 fully saturated rings. The third kappa shape index (κ3) is 5.53. The molecule has 0 aromatic heterocycles. The van der Waals surface area contributed by atoms with Gasteiger partial charge in [-0.3, -0.25) is 4.55 Å². The van der Waals surface area contributed by atoms with E-state index in [0.29, 0.717) is 11.4 Å². The van der Waals surface area contributed by atoms with Crippen LogP contribution in [0.2, 0.25) is 0 Å². The molecule has 0 aliphatic rings. The average Bonchev–Trinajstić information content (AvgIpc) is 2.80. The molecule has 3 aromatic carbocycles. The Morgan fingerprint density at radius 3 is 1.74 bits per heavy atom. The number of hydrogen-bond acceptors (Lipinski definition) is 9. The van der Waals surface area contributed by atoms with E-state index in [1.165, 1.54) is 38.1 Å². The molecule has 0 saturated carbocycles. The van der Waals surface area contributed by atoms with Gasteiger partial charge in [0.1, 0.15) is 10.6 Å². The summed E-state index contributed by atoms with van der Waals surface area (Å²) in [5, 5.41) is 14.9. The van der Waals surface area contributed by atoms with E-state index in [4.69, 9.17) is 5.84 Å². The van der Waals surface area contributed by atoms with Gasteiger partial charge in [0.15, 0.2) is 0 Å². The van der Waals surface area contributed by atoms with Crippen LogP contribution in [0.1, 0.15) is 11.1 Å². The second kappa shape index (κ2) is 9.90. The average molecular weight is 517 g/mol. The van der Waals surface area contributed by atoms with Crippen LogP contribution in [0.3, 0.4) is 0 Å². The van der Waals surface area contributed by atoms with Gasteiger partial charge in [-0.15, -0.1) is 5.11 Å². The van der Waals surface area contributed by atoms with Gasteiger partial charge in [0.05, 0.1) is 21.2 Å². The first-order chi connectivity index (χ1) is 16.4. The molecule has 11 nitrogen and oxygen atoms in total. The maximum Gasteiger partial charge on any atom is 0.296 e. The summed E-state index contributed by atoms with van der Waals surface area (Å²) < 4.78 is 60.0. The zero-order chi connectivity index (χ0) is 26.0.